The van der Waals surface area contributed by atoms with Crippen LogP contribution in [-0.2, 0) is 13.8 Å². The van der Waals surface area contributed by atoms with Gasteiger partial charge in [0.2, 0.25) is 0 Å². The molecule has 3 rings (SSSR count). The van der Waals surface area contributed by atoms with Crippen LogP contribution in [0.5, 0.6) is 0 Å². The summed E-state index contributed by atoms with van der Waals surface area (Å²) in [5.74, 6) is 0. The van der Waals surface area contributed by atoms with Crippen molar-refractivity contribution in [2.75, 3.05) is 6.61 Å². The first-order chi connectivity index (χ1) is 10.8. The number of hydrogen-bond acceptors (Lipinski definition) is 10. The van der Waals surface area contributed by atoms with E-state index in [2.05, 4.69) is 19.5 Å². The van der Waals surface area contributed by atoms with Crippen LogP contribution in [0.2, 0.25) is 0 Å². The number of aliphatic hydroxyl groups excluding tert-OH is 2. The Morgan fingerprint density at radius 2 is 2.08 bits per heavy atom. The average molecular weight is 434 g/mol. The zero-order chi connectivity index (χ0) is 16.8. The monoisotopic (exact) mass is 434 g/mol. The third-order valence-corrected chi connectivity index (χ3v) is 3.84. The third kappa shape index (κ3) is 3.97. The van der Waals surface area contributed by atoms with Gasteiger partial charge in [-0.1, -0.05) is 0 Å². The number of nitrogens with one attached hydrogen (secondary N) is 1. The molecule has 0 unspecified atom stereocenters. The molecule has 3 N–H and O–H groups in total. The molecule has 0 aliphatic carbocycles. The van der Waals surface area contributed by atoms with Gasteiger partial charge in [0.15, 0.2) is 17.4 Å². The molecule has 0 aromatic carbocycles. The van der Waals surface area contributed by atoms with Crippen LogP contribution in [0.3, 0.4) is 0 Å². The van der Waals surface area contributed by atoms with Gasteiger partial charge in [0, 0.05) is 0 Å². The Labute approximate surface area is 171 Å². The van der Waals surface area contributed by atoms with Crippen molar-refractivity contribution in [2.24, 2.45) is 0 Å². The van der Waals surface area contributed by atoms with E-state index in [4.69, 9.17) is 4.74 Å². The zero-order valence-corrected chi connectivity index (χ0v) is 16.4. The summed E-state index contributed by atoms with van der Waals surface area (Å²) in [4.78, 5) is 42.6. The van der Waals surface area contributed by atoms with Crippen molar-refractivity contribution in [1.29, 1.82) is 0 Å². The SMILES string of the molecule is O=c1[nH]cnc2c1ncn2[C@@H]1O[C@H](COP(=O)([O-])[O-])[C@@H](O)[C@H]1O.[Sr+2]. The van der Waals surface area contributed by atoms with Gasteiger partial charge < -0.3 is 38.8 Å². The summed E-state index contributed by atoms with van der Waals surface area (Å²) < 4.78 is 21.1. The number of H-pyrrole nitrogens is 1. The quantitative estimate of drug-likeness (QED) is 0.319. The Bertz CT molecular complexity index is 821. The molecule has 4 atom stereocenters. The molecular weight excluding hydrogens is 423 g/mol. The summed E-state index contributed by atoms with van der Waals surface area (Å²) in [5, 5.41) is 19.9. The van der Waals surface area contributed by atoms with Gasteiger partial charge >= 0.3 is 45.5 Å². The maximum Gasteiger partial charge on any atom is 2.00 e. The molecule has 0 amide bonds. The van der Waals surface area contributed by atoms with Crippen molar-refractivity contribution in [3.63, 3.8) is 0 Å². The smallest absolute Gasteiger partial charge is 0.790 e. The Hall–Kier alpha value is -0.179. The second kappa shape index (κ2) is 7.60. The van der Waals surface area contributed by atoms with Gasteiger partial charge in [0.05, 0.1) is 27.1 Å². The topological polar surface area (TPSA) is 186 Å². The molecule has 12 nitrogen and oxygen atoms in total. The molecule has 2 aromatic rings. The molecule has 14 heteroatoms. The molecule has 2 aromatic heterocycles. The van der Waals surface area contributed by atoms with E-state index in [1.165, 1.54) is 10.9 Å². The van der Waals surface area contributed by atoms with E-state index in [9.17, 15) is 29.4 Å². The van der Waals surface area contributed by atoms with Crippen molar-refractivity contribution in [3.05, 3.63) is 23.0 Å². The van der Waals surface area contributed by atoms with Gasteiger partial charge in [-0.2, -0.15) is 0 Å². The van der Waals surface area contributed by atoms with Crippen molar-refractivity contribution in [1.82, 2.24) is 19.5 Å². The van der Waals surface area contributed by atoms with E-state index in [0.717, 1.165) is 6.33 Å². The summed E-state index contributed by atoms with van der Waals surface area (Å²) in [6.07, 6.45) is -3.11. The Morgan fingerprint density at radius 3 is 2.75 bits per heavy atom. The number of aliphatic hydroxyl groups is 2. The largest absolute Gasteiger partial charge is 2.00 e. The first kappa shape index (κ1) is 20.1. The van der Waals surface area contributed by atoms with Crippen molar-refractivity contribution >= 4 is 64.5 Å². The first-order valence-electron chi connectivity index (χ1n) is 6.36. The number of aromatic amines is 1. The van der Waals surface area contributed by atoms with E-state index in [-0.39, 0.29) is 56.6 Å². The van der Waals surface area contributed by atoms with Crippen LogP contribution in [-0.4, -0.2) is 100 Å². The van der Waals surface area contributed by atoms with Gasteiger partial charge in [-0.3, -0.25) is 9.36 Å². The maximum absolute atomic E-state index is 11.6. The molecule has 0 bridgehead atoms. The fourth-order valence-electron chi connectivity index (χ4n) is 2.31. The van der Waals surface area contributed by atoms with Gasteiger partial charge in [0.1, 0.15) is 18.3 Å². The molecule has 1 aliphatic rings. The molecular formula is C10H11N4O8PSr. The fraction of sp³-hybridized carbons (Fsp3) is 0.500. The minimum Gasteiger partial charge on any atom is -0.790 e. The molecule has 126 valence electrons. The maximum atomic E-state index is 11.6. The molecule has 1 saturated heterocycles. The molecule has 3 heterocycles. The normalized spacial score (nSPS) is 27.3. The second-order valence-electron chi connectivity index (χ2n) is 4.84. The van der Waals surface area contributed by atoms with Crippen LogP contribution in [0, 0.1) is 0 Å². The predicted octanol–water partition coefficient (Wildman–Crippen LogP) is -3.80. The fourth-order valence-corrected chi connectivity index (χ4v) is 2.64. The molecule has 0 radical (unpaired) electrons. The number of rotatable bonds is 4. The summed E-state index contributed by atoms with van der Waals surface area (Å²) in [6, 6.07) is 0. The average Bonchev–Trinajstić information content (AvgIpc) is 3.01. The van der Waals surface area contributed by atoms with Crippen LogP contribution >= 0.6 is 7.82 Å². The van der Waals surface area contributed by atoms with E-state index in [1.54, 1.807) is 0 Å². The first-order valence-corrected chi connectivity index (χ1v) is 7.82. The minimum atomic E-state index is -5.24. The number of hydrogen-bond donors (Lipinski definition) is 3. The zero-order valence-electron chi connectivity index (χ0n) is 12.0. The summed E-state index contributed by atoms with van der Waals surface area (Å²) in [6.45, 7) is -0.750. The van der Waals surface area contributed by atoms with Gasteiger partial charge in [-0.25, -0.2) is 9.97 Å². The number of phosphoric ester groups is 1. The van der Waals surface area contributed by atoms with E-state index in [1.807, 2.05) is 0 Å². The number of imidazole rings is 1. The van der Waals surface area contributed by atoms with Crippen LogP contribution in [0.25, 0.3) is 11.2 Å². The summed E-state index contributed by atoms with van der Waals surface area (Å²) in [5.41, 5.74) is -0.397. The third-order valence-electron chi connectivity index (χ3n) is 3.37. The Morgan fingerprint density at radius 1 is 1.38 bits per heavy atom. The summed E-state index contributed by atoms with van der Waals surface area (Å²) >= 11 is 0. The van der Waals surface area contributed by atoms with Crippen LogP contribution in [0.4, 0.5) is 0 Å². The van der Waals surface area contributed by atoms with Crippen LogP contribution in [0.1, 0.15) is 6.23 Å². The molecule has 1 fully saturated rings. The van der Waals surface area contributed by atoms with Gasteiger partial charge in [-0.15, -0.1) is 0 Å². The number of nitrogens with zero attached hydrogens (tertiary/aromatic N) is 3. The van der Waals surface area contributed by atoms with E-state index >= 15 is 0 Å². The molecule has 0 saturated carbocycles. The van der Waals surface area contributed by atoms with Crippen molar-refractivity contribution in [2.45, 2.75) is 24.5 Å². The predicted molar refractivity (Wildman–Crippen MR) is 73.4 cm³/mol. The minimum absolute atomic E-state index is 0. The Balaban J connectivity index is 0.00000208. The van der Waals surface area contributed by atoms with Crippen molar-refractivity contribution in [3.8, 4) is 0 Å². The van der Waals surface area contributed by atoms with Gasteiger partial charge in [0.25, 0.3) is 5.56 Å². The molecule has 0 spiro atoms. The van der Waals surface area contributed by atoms with Crippen LogP contribution < -0.4 is 15.3 Å². The molecule has 1 aliphatic heterocycles. The van der Waals surface area contributed by atoms with Crippen LogP contribution in [0.15, 0.2) is 17.4 Å². The molecule has 24 heavy (non-hydrogen) atoms. The second-order valence-corrected chi connectivity index (χ2v) is 6.00. The summed E-state index contributed by atoms with van der Waals surface area (Å²) in [7, 11) is -5.24. The van der Waals surface area contributed by atoms with E-state index < -0.39 is 44.5 Å². The standard InChI is InChI=1S/C10H13N4O8P.Sr/c15-6-4(1-21-23(18,19)20)22-10(7(6)16)14-3-13-5-8(14)11-2-12-9(5)17;/h2-4,6-7,10,15-16H,1H2,(H,11,12,17)(H2,18,19,20);/q;+2/p-2/t4-,6-,7-,10-;/m1./s1. The van der Waals surface area contributed by atoms with Crippen molar-refractivity contribution < 1.29 is 33.8 Å². The number of phosphoric acid groups is 1. The number of ether oxygens (including phenoxy) is 1. The van der Waals surface area contributed by atoms with Gasteiger partial charge in [-0.05, 0) is 0 Å². The Kier molecular flexibility index (Phi) is 6.37. The number of fused-ring (bicyclic) bond motifs is 1. The van der Waals surface area contributed by atoms with E-state index in [0.29, 0.717) is 0 Å². The number of aromatic nitrogens is 4.